The van der Waals surface area contributed by atoms with Gasteiger partial charge >= 0.3 is 0 Å². The van der Waals surface area contributed by atoms with Crippen LogP contribution >= 0.6 is 0 Å². The van der Waals surface area contributed by atoms with Gasteiger partial charge in [0.1, 0.15) is 0 Å². The highest BCUT2D eigenvalue weighted by Crippen LogP contribution is 2.17. The fourth-order valence-corrected chi connectivity index (χ4v) is 1.71. The second-order valence-corrected chi connectivity index (χ2v) is 4.23. The summed E-state index contributed by atoms with van der Waals surface area (Å²) in [6.07, 6.45) is 1.90. The van der Waals surface area contributed by atoms with Crippen LogP contribution in [-0.2, 0) is 9.53 Å². The van der Waals surface area contributed by atoms with Gasteiger partial charge in [0.15, 0.2) is 0 Å². The summed E-state index contributed by atoms with van der Waals surface area (Å²) in [6.45, 7) is 10.7. The van der Waals surface area contributed by atoms with Gasteiger partial charge in [-0.3, -0.25) is 4.79 Å². The zero-order valence-corrected chi connectivity index (χ0v) is 10.7. The van der Waals surface area contributed by atoms with Crippen LogP contribution in [0.2, 0.25) is 0 Å². The Bertz CT molecular complexity index is 319. The van der Waals surface area contributed by atoms with Crippen molar-refractivity contribution in [1.82, 2.24) is 4.90 Å². The first-order chi connectivity index (χ1) is 7.57. The number of hydrogen-bond donors (Lipinski definition) is 0. The summed E-state index contributed by atoms with van der Waals surface area (Å²) in [5, 5.41) is 0. The number of allylic oxidation sites excluding steroid dienone is 2. The first-order valence-electron chi connectivity index (χ1n) is 5.75. The second-order valence-electron chi connectivity index (χ2n) is 4.23. The van der Waals surface area contributed by atoms with Crippen LogP contribution in [-0.4, -0.2) is 37.1 Å². The Hall–Kier alpha value is -1.09. The van der Waals surface area contributed by atoms with Crippen LogP contribution in [0.5, 0.6) is 0 Å². The first kappa shape index (κ1) is 13.0. The highest BCUT2D eigenvalue weighted by Gasteiger charge is 2.21. The molecule has 0 unspecified atom stereocenters. The Labute approximate surface area is 97.8 Å². The molecule has 1 aliphatic rings. The van der Waals surface area contributed by atoms with Crippen LogP contribution in [0.15, 0.2) is 22.8 Å². The smallest absolute Gasteiger partial charge is 0.253 e. The number of nitrogens with zero attached hydrogens (tertiary/aromatic N) is 1. The van der Waals surface area contributed by atoms with E-state index in [9.17, 15) is 4.79 Å². The van der Waals surface area contributed by atoms with Gasteiger partial charge in [-0.25, -0.2) is 0 Å². The van der Waals surface area contributed by atoms with Gasteiger partial charge in [-0.15, -0.1) is 0 Å². The molecule has 1 amide bonds. The third-order valence-corrected chi connectivity index (χ3v) is 2.97. The van der Waals surface area contributed by atoms with Crippen LogP contribution in [0.1, 0.15) is 27.7 Å². The maximum absolute atomic E-state index is 12.2. The van der Waals surface area contributed by atoms with Crippen LogP contribution in [0, 0.1) is 0 Å². The van der Waals surface area contributed by atoms with Crippen molar-refractivity contribution in [3.05, 3.63) is 22.8 Å². The van der Waals surface area contributed by atoms with E-state index in [1.54, 1.807) is 0 Å². The van der Waals surface area contributed by atoms with E-state index in [0.717, 1.165) is 11.1 Å². The minimum absolute atomic E-state index is 0.129. The number of rotatable bonds is 2. The molecule has 1 saturated heterocycles. The lowest BCUT2D eigenvalue weighted by atomic mass is 10.0. The van der Waals surface area contributed by atoms with E-state index in [1.165, 1.54) is 5.57 Å². The zero-order valence-electron chi connectivity index (χ0n) is 10.7. The molecule has 0 radical (unpaired) electrons. The average molecular weight is 223 g/mol. The van der Waals surface area contributed by atoms with E-state index in [1.807, 2.05) is 38.7 Å². The molecule has 3 heteroatoms. The number of amides is 1. The third-order valence-electron chi connectivity index (χ3n) is 2.97. The summed E-state index contributed by atoms with van der Waals surface area (Å²) < 4.78 is 5.25. The van der Waals surface area contributed by atoms with E-state index in [0.29, 0.717) is 26.3 Å². The first-order valence-corrected chi connectivity index (χ1v) is 5.75. The van der Waals surface area contributed by atoms with Gasteiger partial charge in [-0.2, -0.15) is 0 Å². The van der Waals surface area contributed by atoms with Crippen molar-refractivity contribution in [2.45, 2.75) is 27.7 Å². The van der Waals surface area contributed by atoms with Gasteiger partial charge < -0.3 is 9.64 Å². The molecule has 0 saturated carbocycles. The predicted molar refractivity (Wildman–Crippen MR) is 65.2 cm³/mol. The van der Waals surface area contributed by atoms with Crippen LogP contribution < -0.4 is 0 Å². The van der Waals surface area contributed by atoms with Crippen molar-refractivity contribution >= 4 is 5.91 Å². The molecule has 0 aliphatic carbocycles. The van der Waals surface area contributed by atoms with Crippen molar-refractivity contribution < 1.29 is 9.53 Å². The zero-order chi connectivity index (χ0) is 12.1. The Balaban J connectivity index is 2.82. The molecular formula is C13H21NO2. The molecule has 3 nitrogen and oxygen atoms in total. The molecule has 16 heavy (non-hydrogen) atoms. The molecule has 90 valence electrons. The molecule has 1 aliphatic heterocycles. The molecule has 1 rings (SSSR count). The molecular weight excluding hydrogens is 202 g/mol. The van der Waals surface area contributed by atoms with Crippen LogP contribution in [0.25, 0.3) is 0 Å². The van der Waals surface area contributed by atoms with E-state index in [4.69, 9.17) is 4.74 Å². The van der Waals surface area contributed by atoms with Crippen molar-refractivity contribution in [2.75, 3.05) is 26.3 Å². The van der Waals surface area contributed by atoms with E-state index >= 15 is 0 Å². The number of ether oxygens (including phenoxy) is 1. The van der Waals surface area contributed by atoms with Gasteiger partial charge in [-0.1, -0.05) is 11.6 Å². The standard InChI is InChI=1S/C13H21NO2/c1-5-12(11(4)10(2)3)13(15)14-6-8-16-9-7-14/h5H,6-9H2,1-4H3/b12-5-. The van der Waals surface area contributed by atoms with E-state index in [-0.39, 0.29) is 5.91 Å². The van der Waals surface area contributed by atoms with E-state index < -0.39 is 0 Å². The molecule has 0 atom stereocenters. The van der Waals surface area contributed by atoms with E-state index in [2.05, 4.69) is 0 Å². The van der Waals surface area contributed by atoms with Crippen molar-refractivity contribution in [2.24, 2.45) is 0 Å². The predicted octanol–water partition coefficient (Wildman–Crippen LogP) is 2.15. The molecule has 0 bridgehead atoms. The normalized spacial score (nSPS) is 17.2. The summed E-state index contributed by atoms with van der Waals surface area (Å²) in [4.78, 5) is 14.1. The van der Waals surface area contributed by atoms with Crippen molar-refractivity contribution in [3.8, 4) is 0 Å². The number of morpholine rings is 1. The monoisotopic (exact) mass is 223 g/mol. The molecule has 0 aromatic carbocycles. The SMILES string of the molecule is C/C=C(\C(=O)N1CCOCC1)C(C)=C(C)C. The third kappa shape index (κ3) is 2.95. The highest BCUT2D eigenvalue weighted by molar-refractivity contribution is 5.97. The molecule has 0 aromatic heterocycles. The Morgan fingerprint density at radius 1 is 1.19 bits per heavy atom. The summed E-state index contributed by atoms with van der Waals surface area (Å²) in [7, 11) is 0. The Morgan fingerprint density at radius 2 is 1.75 bits per heavy atom. The Kier molecular flexibility index (Phi) is 4.74. The number of carbonyl (C=O) groups excluding carboxylic acids is 1. The average Bonchev–Trinajstić information content (AvgIpc) is 2.30. The Morgan fingerprint density at radius 3 is 2.19 bits per heavy atom. The van der Waals surface area contributed by atoms with Gasteiger partial charge in [-0.05, 0) is 33.3 Å². The van der Waals surface area contributed by atoms with Crippen LogP contribution in [0.3, 0.4) is 0 Å². The maximum atomic E-state index is 12.2. The largest absolute Gasteiger partial charge is 0.378 e. The molecule has 0 N–H and O–H groups in total. The lowest BCUT2D eigenvalue weighted by Crippen LogP contribution is -2.41. The van der Waals surface area contributed by atoms with Crippen molar-refractivity contribution in [3.63, 3.8) is 0 Å². The summed E-state index contributed by atoms with van der Waals surface area (Å²) in [5.74, 6) is 0.129. The number of carbonyl (C=O) groups is 1. The minimum atomic E-state index is 0.129. The number of hydrogen-bond acceptors (Lipinski definition) is 2. The molecule has 1 heterocycles. The second kappa shape index (κ2) is 5.85. The van der Waals surface area contributed by atoms with Gasteiger partial charge in [0.2, 0.25) is 0 Å². The summed E-state index contributed by atoms with van der Waals surface area (Å²) in [5.41, 5.74) is 3.09. The van der Waals surface area contributed by atoms with Gasteiger partial charge in [0.25, 0.3) is 5.91 Å². The summed E-state index contributed by atoms with van der Waals surface area (Å²) >= 11 is 0. The lowest BCUT2D eigenvalue weighted by molar-refractivity contribution is -0.130. The highest BCUT2D eigenvalue weighted by atomic mass is 16.5. The van der Waals surface area contributed by atoms with Crippen LogP contribution in [0.4, 0.5) is 0 Å². The summed E-state index contributed by atoms with van der Waals surface area (Å²) in [6, 6.07) is 0. The quantitative estimate of drug-likeness (QED) is 0.530. The fraction of sp³-hybridized carbons (Fsp3) is 0.615. The topological polar surface area (TPSA) is 29.5 Å². The minimum Gasteiger partial charge on any atom is -0.378 e. The molecule has 1 fully saturated rings. The lowest BCUT2D eigenvalue weighted by Gasteiger charge is -2.28. The van der Waals surface area contributed by atoms with Gasteiger partial charge in [0.05, 0.1) is 13.2 Å². The molecule has 0 aromatic rings. The molecule has 0 spiro atoms. The fourth-order valence-electron chi connectivity index (χ4n) is 1.71. The van der Waals surface area contributed by atoms with Gasteiger partial charge in [0, 0.05) is 18.7 Å². The van der Waals surface area contributed by atoms with Crippen molar-refractivity contribution in [1.29, 1.82) is 0 Å². The maximum Gasteiger partial charge on any atom is 0.253 e.